The van der Waals surface area contributed by atoms with E-state index in [1.54, 1.807) is 0 Å². The number of nitro groups is 1. The Hall–Kier alpha value is -4.29. The SMILES string of the molecule is CCOC(=O)[C@@H]1[C@H](C(=O)Nc2cccc(C(F)(F)F)c2)[C@@H]1C(=O)N/N=C/c1cccc([N+](=O)[O-])c1. The maximum absolute atomic E-state index is 12.9. The molecule has 10 nitrogen and oxygen atoms in total. The molecule has 0 saturated heterocycles. The van der Waals surface area contributed by atoms with Crippen molar-refractivity contribution in [2.75, 3.05) is 11.9 Å². The van der Waals surface area contributed by atoms with Gasteiger partial charge in [-0.05, 0) is 25.1 Å². The zero-order valence-corrected chi connectivity index (χ0v) is 18.1. The van der Waals surface area contributed by atoms with E-state index in [2.05, 4.69) is 15.8 Å². The Kier molecular flexibility index (Phi) is 7.47. The van der Waals surface area contributed by atoms with Crippen molar-refractivity contribution >= 4 is 35.4 Å². The van der Waals surface area contributed by atoms with Crippen LogP contribution in [-0.4, -0.2) is 35.5 Å². The van der Waals surface area contributed by atoms with Gasteiger partial charge in [0.25, 0.3) is 5.69 Å². The van der Waals surface area contributed by atoms with Crippen molar-refractivity contribution in [1.29, 1.82) is 0 Å². The van der Waals surface area contributed by atoms with Crippen LogP contribution in [0.2, 0.25) is 0 Å². The molecule has 0 spiro atoms. The molecule has 0 heterocycles. The standard InChI is InChI=1S/C22H19F3N4O6/c1-2-35-21(32)18-16(19(30)27-14-7-4-6-13(10-14)22(23,24)25)17(18)20(31)28-26-11-12-5-3-8-15(9-12)29(33)34/h3-11,16-18H,2H2,1H3,(H,27,30)(H,28,31)/b26-11+/t16-,17+,18-/m1/s1. The molecular weight excluding hydrogens is 473 g/mol. The number of carbonyl (C=O) groups is 3. The zero-order chi connectivity index (χ0) is 25.8. The van der Waals surface area contributed by atoms with E-state index in [9.17, 15) is 37.7 Å². The first-order valence-corrected chi connectivity index (χ1v) is 10.2. The van der Waals surface area contributed by atoms with Gasteiger partial charge in [0.1, 0.15) is 0 Å². The third-order valence-electron chi connectivity index (χ3n) is 5.11. The van der Waals surface area contributed by atoms with Gasteiger partial charge >= 0.3 is 12.1 Å². The molecule has 35 heavy (non-hydrogen) atoms. The minimum atomic E-state index is -4.62. The Morgan fingerprint density at radius 3 is 2.43 bits per heavy atom. The molecule has 0 aromatic heterocycles. The molecule has 1 saturated carbocycles. The van der Waals surface area contributed by atoms with Crippen LogP contribution in [0.3, 0.4) is 0 Å². The molecule has 3 rings (SSSR count). The highest BCUT2D eigenvalue weighted by Gasteiger charge is 2.63. The van der Waals surface area contributed by atoms with Crippen LogP contribution >= 0.6 is 0 Å². The number of ether oxygens (including phenoxy) is 1. The van der Waals surface area contributed by atoms with Gasteiger partial charge in [-0.3, -0.25) is 24.5 Å². The number of esters is 1. The lowest BCUT2D eigenvalue weighted by atomic mass is 10.2. The number of nitrogens with zero attached hydrogens (tertiary/aromatic N) is 2. The number of nitrogens with one attached hydrogen (secondary N) is 2. The van der Waals surface area contributed by atoms with Gasteiger partial charge in [-0.1, -0.05) is 18.2 Å². The van der Waals surface area contributed by atoms with E-state index in [0.29, 0.717) is 5.56 Å². The number of non-ortho nitro benzene ring substituents is 1. The highest BCUT2D eigenvalue weighted by Crippen LogP contribution is 2.48. The van der Waals surface area contributed by atoms with E-state index in [1.165, 1.54) is 37.3 Å². The maximum Gasteiger partial charge on any atom is 0.416 e. The van der Waals surface area contributed by atoms with Crippen LogP contribution in [0.15, 0.2) is 53.6 Å². The van der Waals surface area contributed by atoms with Crippen LogP contribution in [-0.2, 0) is 25.3 Å². The first-order chi connectivity index (χ1) is 16.5. The normalized spacial score (nSPS) is 19.1. The lowest BCUT2D eigenvalue weighted by Crippen LogP contribution is -2.24. The number of halogens is 3. The van der Waals surface area contributed by atoms with Crippen LogP contribution in [0.25, 0.3) is 0 Å². The molecule has 3 atom stereocenters. The largest absolute Gasteiger partial charge is 0.466 e. The van der Waals surface area contributed by atoms with Crippen LogP contribution in [0, 0.1) is 27.9 Å². The van der Waals surface area contributed by atoms with Crippen LogP contribution in [0.1, 0.15) is 18.1 Å². The van der Waals surface area contributed by atoms with Gasteiger partial charge in [-0.25, -0.2) is 5.43 Å². The molecule has 1 fully saturated rings. The molecule has 1 aliphatic rings. The summed E-state index contributed by atoms with van der Waals surface area (Å²) >= 11 is 0. The van der Waals surface area contributed by atoms with Gasteiger partial charge in [0, 0.05) is 23.4 Å². The second-order valence-corrected chi connectivity index (χ2v) is 7.48. The molecule has 2 amide bonds. The summed E-state index contributed by atoms with van der Waals surface area (Å²) in [6.07, 6.45) is -3.47. The molecule has 1 aliphatic carbocycles. The summed E-state index contributed by atoms with van der Waals surface area (Å²) in [7, 11) is 0. The summed E-state index contributed by atoms with van der Waals surface area (Å²) in [5.74, 6) is -5.92. The van der Waals surface area contributed by atoms with Crippen molar-refractivity contribution in [3.63, 3.8) is 0 Å². The smallest absolute Gasteiger partial charge is 0.416 e. The first kappa shape index (κ1) is 25.3. The number of hydrogen-bond donors (Lipinski definition) is 2. The molecule has 13 heteroatoms. The van der Waals surface area contributed by atoms with Crippen LogP contribution < -0.4 is 10.7 Å². The Labute approximate surface area is 196 Å². The first-order valence-electron chi connectivity index (χ1n) is 10.2. The Morgan fingerprint density at radius 1 is 1.09 bits per heavy atom. The molecule has 184 valence electrons. The van der Waals surface area contributed by atoms with Crippen molar-refractivity contribution in [2.45, 2.75) is 13.1 Å². The van der Waals surface area contributed by atoms with Gasteiger partial charge in [0.05, 0.1) is 41.1 Å². The summed E-state index contributed by atoms with van der Waals surface area (Å²) < 4.78 is 43.7. The Morgan fingerprint density at radius 2 is 1.77 bits per heavy atom. The van der Waals surface area contributed by atoms with E-state index in [4.69, 9.17) is 4.74 Å². The molecule has 2 aromatic rings. The summed E-state index contributed by atoms with van der Waals surface area (Å²) in [4.78, 5) is 47.7. The number of nitro benzene ring substituents is 1. The average molecular weight is 492 g/mol. The predicted octanol–water partition coefficient (Wildman–Crippen LogP) is 3.13. The van der Waals surface area contributed by atoms with Gasteiger partial charge in [0.2, 0.25) is 11.8 Å². The van der Waals surface area contributed by atoms with E-state index in [0.717, 1.165) is 24.4 Å². The molecule has 2 aromatic carbocycles. The number of hydrogen-bond acceptors (Lipinski definition) is 7. The maximum atomic E-state index is 12.9. The fourth-order valence-corrected chi connectivity index (χ4v) is 3.46. The number of rotatable bonds is 8. The zero-order valence-electron chi connectivity index (χ0n) is 18.1. The number of hydrazone groups is 1. The molecule has 0 bridgehead atoms. The number of benzene rings is 2. The van der Waals surface area contributed by atoms with Crippen molar-refractivity contribution in [3.8, 4) is 0 Å². The minimum Gasteiger partial charge on any atom is -0.466 e. The predicted molar refractivity (Wildman–Crippen MR) is 116 cm³/mol. The monoisotopic (exact) mass is 492 g/mol. The average Bonchev–Trinajstić information content (AvgIpc) is 3.55. The summed E-state index contributed by atoms with van der Waals surface area (Å²) in [6, 6.07) is 9.35. The van der Waals surface area contributed by atoms with Crippen molar-refractivity contribution in [2.24, 2.45) is 22.9 Å². The minimum absolute atomic E-state index is 0.00339. The van der Waals surface area contributed by atoms with Gasteiger partial charge < -0.3 is 10.1 Å². The summed E-state index contributed by atoms with van der Waals surface area (Å²) in [5, 5.41) is 16.8. The van der Waals surface area contributed by atoms with Crippen molar-refractivity contribution in [3.05, 3.63) is 69.8 Å². The summed E-state index contributed by atoms with van der Waals surface area (Å²) in [5.41, 5.74) is 1.18. The Balaban J connectivity index is 1.70. The van der Waals surface area contributed by atoms with Gasteiger partial charge in [-0.15, -0.1) is 0 Å². The second-order valence-electron chi connectivity index (χ2n) is 7.48. The topological polar surface area (TPSA) is 140 Å². The van der Waals surface area contributed by atoms with Gasteiger partial charge in [-0.2, -0.15) is 18.3 Å². The second kappa shape index (κ2) is 10.3. The highest BCUT2D eigenvalue weighted by molar-refractivity contribution is 6.05. The number of amides is 2. The van der Waals surface area contributed by atoms with E-state index >= 15 is 0 Å². The Bertz CT molecular complexity index is 1180. The van der Waals surface area contributed by atoms with Gasteiger partial charge in [0.15, 0.2) is 0 Å². The van der Waals surface area contributed by atoms with Crippen molar-refractivity contribution < 1.29 is 37.2 Å². The molecule has 0 radical (unpaired) electrons. The third-order valence-corrected chi connectivity index (χ3v) is 5.11. The third kappa shape index (κ3) is 6.19. The van der Waals surface area contributed by atoms with E-state index < -0.39 is 52.2 Å². The fourth-order valence-electron chi connectivity index (χ4n) is 3.46. The van der Waals surface area contributed by atoms with Crippen molar-refractivity contribution in [1.82, 2.24) is 5.43 Å². The molecule has 0 aliphatic heterocycles. The fraction of sp³-hybridized carbons (Fsp3) is 0.273. The number of anilines is 1. The molecular formula is C22H19F3N4O6. The molecule has 0 unspecified atom stereocenters. The highest BCUT2D eigenvalue weighted by atomic mass is 19.4. The lowest BCUT2D eigenvalue weighted by Gasteiger charge is -2.10. The molecule has 2 N–H and O–H groups in total. The van der Waals surface area contributed by atoms with Crippen LogP contribution in [0.4, 0.5) is 24.5 Å². The number of carbonyl (C=O) groups excluding carboxylic acids is 3. The van der Waals surface area contributed by atoms with Crippen LogP contribution in [0.5, 0.6) is 0 Å². The summed E-state index contributed by atoms with van der Waals surface area (Å²) in [6.45, 7) is 1.53. The lowest BCUT2D eigenvalue weighted by molar-refractivity contribution is -0.384. The van der Waals surface area contributed by atoms with E-state index in [1.807, 2.05) is 0 Å². The van der Waals surface area contributed by atoms with E-state index in [-0.39, 0.29) is 18.0 Å². The quantitative estimate of drug-likeness (QED) is 0.251. The number of alkyl halides is 3.